The molecule has 3 aliphatic rings. The quantitative estimate of drug-likeness (QED) is 0.780. The topological polar surface area (TPSA) is 38.8 Å². The van der Waals surface area contributed by atoms with E-state index in [-0.39, 0.29) is 11.7 Å². The molecule has 4 rings (SSSR count). The second-order valence-electron chi connectivity index (χ2n) is 7.78. The molecule has 4 heteroatoms. The summed E-state index contributed by atoms with van der Waals surface area (Å²) in [6.07, 6.45) is 7.74. The van der Waals surface area contributed by atoms with Crippen molar-refractivity contribution in [2.75, 3.05) is 26.3 Å². The van der Waals surface area contributed by atoms with E-state index in [1.54, 1.807) is 0 Å². The van der Waals surface area contributed by atoms with Crippen molar-refractivity contribution in [2.24, 2.45) is 5.92 Å². The Kier molecular flexibility index (Phi) is 5.20. The Bertz CT molecular complexity index is 576. The zero-order chi connectivity index (χ0) is 17.1. The molecular weight excluding hydrogens is 314 g/mol. The molecule has 0 bridgehead atoms. The van der Waals surface area contributed by atoms with Crippen molar-refractivity contribution in [3.8, 4) is 0 Å². The van der Waals surface area contributed by atoms with Crippen LogP contribution >= 0.6 is 0 Å². The predicted molar refractivity (Wildman–Crippen MR) is 96.5 cm³/mol. The van der Waals surface area contributed by atoms with Crippen LogP contribution < -0.4 is 0 Å². The molecule has 136 valence electrons. The number of hydrogen-bond acceptors (Lipinski definition) is 4. The number of piperidine rings is 1. The molecule has 0 unspecified atom stereocenters. The van der Waals surface area contributed by atoms with E-state index in [0.29, 0.717) is 5.78 Å². The Hall–Kier alpha value is -1.23. The minimum atomic E-state index is -0.299. The van der Waals surface area contributed by atoms with E-state index in [4.69, 9.17) is 9.47 Å². The molecular formula is C21H29NO3. The van der Waals surface area contributed by atoms with E-state index >= 15 is 0 Å². The number of hydrogen-bond donors (Lipinski definition) is 0. The maximum absolute atomic E-state index is 12.6. The number of carbonyl (C=O) groups is 1. The summed E-state index contributed by atoms with van der Waals surface area (Å²) in [6, 6.07) is 8.31. The van der Waals surface area contributed by atoms with Gasteiger partial charge in [0.2, 0.25) is 0 Å². The average Bonchev–Trinajstić information content (AvgIpc) is 3.13. The van der Waals surface area contributed by atoms with Crippen LogP contribution in [0.4, 0.5) is 0 Å². The molecule has 0 N–H and O–H groups in total. The van der Waals surface area contributed by atoms with E-state index < -0.39 is 0 Å². The third kappa shape index (κ3) is 3.97. The van der Waals surface area contributed by atoms with Crippen molar-refractivity contribution < 1.29 is 14.3 Å². The molecule has 0 amide bonds. The molecule has 3 fully saturated rings. The van der Waals surface area contributed by atoms with Crippen molar-refractivity contribution >= 4 is 5.78 Å². The maximum Gasteiger partial charge on any atom is 0.170 e. The molecule has 1 aliphatic carbocycles. The number of ketones is 1. The minimum absolute atomic E-state index is 0.254. The molecule has 1 aromatic rings. The molecule has 1 saturated carbocycles. The van der Waals surface area contributed by atoms with Crippen LogP contribution in [0.2, 0.25) is 0 Å². The summed E-state index contributed by atoms with van der Waals surface area (Å²) in [6.45, 7) is 4.41. The highest BCUT2D eigenvalue weighted by atomic mass is 16.7. The van der Waals surface area contributed by atoms with E-state index in [1.807, 2.05) is 12.1 Å². The van der Waals surface area contributed by atoms with E-state index in [2.05, 4.69) is 17.0 Å². The first-order valence-corrected chi connectivity index (χ1v) is 9.88. The molecule has 1 spiro atoms. The first-order valence-electron chi connectivity index (χ1n) is 9.88. The van der Waals surface area contributed by atoms with Gasteiger partial charge in [-0.2, -0.15) is 0 Å². The third-order valence-corrected chi connectivity index (χ3v) is 6.05. The molecule has 2 aliphatic heterocycles. The van der Waals surface area contributed by atoms with E-state index in [0.717, 1.165) is 64.1 Å². The van der Waals surface area contributed by atoms with Gasteiger partial charge in [0.05, 0.1) is 13.2 Å². The highest BCUT2D eigenvalue weighted by molar-refractivity contribution is 5.97. The van der Waals surface area contributed by atoms with Crippen LogP contribution in [0.15, 0.2) is 24.3 Å². The summed E-state index contributed by atoms with van der Waals surface area (Å²) in [7, 11) is 0. The highest BCUT2D eigenvalue weighted by Gasteiger charge is 2.39. The van der Waals surface area contributed by atoms with Crippen molar-refractivity contribution in [2.45, 2.75) is 57.3 Å². The van der Waals surface area contributed by atoms with Gasteiger partial charge in [0.25, 0.3) is 0 Å². The number of ether oxygens (including phenoxy) is 2. The van der Waals surface area contributed by atoms with Crippen LogP contribution in [0.1, 0.15) is 60.9 Å². The lowest BCUT2D eigenvalue weighted by Crippen LogP contribution is -2.44. The van der Waals surface area contributed by atoms with Crippen molar-refractivity contribution in [3.05, 3.63) is 35.4 Å². The Morgan fingerprint density at radius 1 is 1.00 bits per heavy atom. The molecule has 0 radical (unpaired) electrons. The number of carbonyl (C=O) groups excluding carboxylic acids is 1. The smallest absolute Gasteiger partial charge is 0.170 e. The van der Waals surface area contributed by atoms with Gasteiger partial charge in [0.1, 0.15) is 0 Å². The molecule has 1 aromatic carbocycles. The minimum Gasteiger partial charge on any atom is -0.347 e. The summed E-state index contributed by atoms with van der Waals surface area (Å²) in [5.74, 6) is 0.304. The fourth-order valence-electron chi connectivity index (χ4n) is 4.47. The first-order chi connectivity index (χ1) is 12.2. The number of Topliss-reactive ketones (excluding diaryl/α,β-unsaturated/α-hetero) is 1. The Morgan fingerprint density at radius 3 is 2.28 bits per heavy atom. The molecule has 2 heterocycles. The van der Waals surface area contributed by atoms with Crippen LogP contribution in [0.3, 0.4) is 0 Å². The van der Waals surface area contributed by atoms with Crippen LogP contribution in [0, 0.1) is 5.92 Å². The van der Waals surface area contributed by atoms with Crippen molar-refractivity contribution in [3.63, 3.8) is 0 Å². The second kappa shape index (κ2) is 7.56. The fourth-order valence-corrected chi connectivity index (χ4v) is 4.47. The van der Waals surface area contributed by atoms with Crippen LogP contribution in [-0.4, -0.2) is 42.8 Å². The zero-order valence-electron chi connectivity index (χ0n) is 15.0. The van der Waals surface area contributed by atoms with Crippen LogP contribution in [0.25, 0.3) is 0 Å². The van der Waals surface area contributed by atoms with Gasteiger partial charge in [-0.05, 0) is 18.4 Å². The van der Waals surface area contributed by atoms with Gasteiger partial charge in [-0.15, -0.1) is 0 Å². The van der Waals surface area contributed by atoms with Gasteiger partial charge in [-0.3, -0.25) is 9.69 Å². The number of nitrogens with zero attached hydrogens (tertiary/aromatic N) is 1. The standard InChI is InChI=1S/C21H29NO3/c23-20(18-4-2-1-3-5-18)19-8-6-17(7-9-19)16-22-12-10-21(11-13-22)24-14-15-25-21/h6-9,18H,1-5,10-16H2. The monoisotopic (exact) mass is 343 g/mol. The molecule has 0 atom stereocenters. The van der Waals surface area contributed by atoms with Crippen molar-refractivity contribution in [1.82, 2.24) is 4.90 Å². The third-order valence-electron chi connectivity index (χ3n) is 6.05. The first kappa shape index (κ1) is 17.2. The number of rotatable bonds is 4. The van der Waals surface area contributed by atoms with Gasteiger partial charge in [-0.1, -0.05) is 43.5 Å². The second-order valence-corrected chi connectivity index (χ2v) is 7.78. The average molecular weight is 343 g/mol. The Morgan fingerprint density at radius 2 is 1.64 bits per heavy atom. The summed E-state index contributed by atoms with van der Waals surface area (Å²) < 4.78 is 11.6. The zero-order valence-corrected chi connectivity index (χ0v) is 15.0. The predicted octanol–water partition coefficient (Wildman–Crippen LogP) is 3.79. The van der Waals surface area contributed by atoms with Crippen LogP contribution in [0.5, 0.6) is 0 Å². The van der Waals surface area contributed by atoms with Crippen molar-refractivity contribution in [1.29, 1.82) is 0 Å². The van der Waals surface area contributed by atoms with Gasteiger partial charge >= 0.3 is 0 Å². The summed E-state index contributed by atoms with van der Waals surface area (Å²) in [5, 5.41) is 0. The van der Waals surface area contributed by atoms with Gasteiger partial charge in [-0.25, -0.2) is 0 Å². The normalized spacial score (nSPS) is 24.6. The van der Waals surface area contributed by atoms with Gasteiger partial charge < -0.3 is 9.47 Å². The summed E-state index contributed by atoms with van der Waals surface area (Å²) in [4.78, 5) is 15.1. The van der Waals surface area contributed by atoms with Crippen LogP contribution in [-0.2, 0) is 16.0 Å². The Balaban J connectivity index is 1.31. The number of benzene rings is 1. The van der Waals surface area contributed by atoms with Gasteiger partial charge in [0, 0.05) is 44.0 Å². The molecule has 4 nitrogen and oxygen atoms in total. The summed E-state index contributed by atoms with van der Waals surface area (Å²) >= 11 is 0. The lowest BCUT2D eigenvalue weighted by atomic mass is 9.84. The van der Waals surface area contributed by atoms with Gasteiger partial charge in [0.15, 0.2) is 11.6 Å². The Labute approximate surface area is 150 Å². The number of likely N-dealkylation sites (tertiary alicyclic amines) is 1. The lowest BCUT2D eigenvalue weighted by molar-refractivity contribution is -0.185. The SMILES string of the molecule is O=C(c1ccc(CN2CCC3(CC2)OCCO3)cc1)C1CCCCC1. The lowest BCUT2D eigenvalue weighted by Gasteiger charge is -2.37. The fraction of sp³-hybridized carbons (Fsp3) is 0.667. The summed E-state index contributed by atoms with van der Waals surface area (Å²) in [5.41, 5.74) is 2.17. The molecule has 2 saturated heterocycles. The molecule has 0 aromatic heterocycles. The largest absolute Gasteiger partial charge is 0.347 e. The van der Waals surface area contributed by atoms with E-state index in [9.17, 15) is 4.79 Å². The highest BCUT2D eigenvalue weighted by Crippen LogP contribution is 2.32. The maximum atomic E-state index is 12.6. The molecule has 25 heavy (non-hydrogen) atoms. The van der Waals surface area contributed by atoms with E-state index in [1.165, 1.54) is 24.8 Å².